The summed E-state index contributed by atoms with van der Waals surface area (Å²) in [6.45, 7) is 12.7. The summed E-state index contributed by atoms with van der Waals surface area (Å²) in [6.07, 6.45) is 0. The highest BCUT2D eigenvalue weighted by atomic mass is 16.2. The zero-order valence-corrected chi connectivity index (χ0v) is 14.9. The minimum atomic E-state index is -0.0204. The number of carbonyl (C=O) groups excluding carboxylic acids is 2. The number of hydrogen-bond donors (Lipinski definition) is 2. The monoisotopic (exact) mass is 308 g/mol. The molecule has 1 unspecified atom stereocenters. The second kappa shape index (κ2) is 7.58. The molecule has 0 aliphatic rings. The van der Waals surface area contributed by atoms with Crippen molar-refractivity contribution in [1.29, 1.82) is 0 Å². The number of quaternary nitrogens is 1. The molecule has 0 spiro atoms. The van der Waals surface area contributed by atoms with E-state index in [1.165, 1.54) is 0 Å². The fourth-order valence-electron chi connectivity index (χ4n) is 2.93. The molecule has 22 heavy (non-hydrogen) atoms. The van der Waals surface area contributed by atoms with Gasteiger partial charge in [0.15, 0.2) is 6.54 Å². The molecule has 2 N–H and O–H groups in total. The molecule has 1 aromatic rings. The Bertz CT molecular complexity index is 544. The Labute approximate surface area is 133 Å². The number of nitrogens with zero attached hydrogens (tertiary/aromatic N) is 1. The molecule has 5 nitrogen and oxygen atoms in total. The van der Waals surface area contributed by atoms with Crippen LogP contribution in [-0.4, -0.2) is 42.4 Å². The van der Waals surface area contributed by atoms with E-state index in [1.54, 1.807) is 0 Å². The van der Waals surface area contributed by atoms with Gasteiger partial charge >= 0.3 is 0 Å². The first-order valence-electron chi connectivity index (χ1n) is 7.95. The molecule has 0 bridgehead atoms. The summed E-state index contributed by atoms with van der Waals surface area (Å²) < 4.78 is 2.17. The number of ketones is 1. The van der Waals surface area contributed by atoms with Gasteiger partial charge in [-0.05, 0) is 47.6 Å². The summed E-state index contributed by atoms with van der Waals surface area (Å²) in [5.74, 6) is 0.0720. The highest BCUT2D eigenvalue weighted by molar-refractivity contribution is 5.98. The van der Waals surface area contributed by atoms with E-state index in [9.17, 15) is 9.59 Å². The lowest BCUT2D eigenvalue weighted by Gasteiger charge is -2.15. The summed E-state index contributed by atoms with van der Waals surface area (Å²) in [7, 11) is 1.87. The molecule has 0 aliphatic carbocycles. The Morgan fingerprint density at radius 1 is 1.18 bits per heavy atom. The SMILES string of the molecule is Cc1cc(C(=O)C[NH+](C)CC(=O)NC(C)C)c(C)n1C(C)C. The Morgan fingerprint density at radius 2 is 1.77 bits per heavy atom. The fraction of sp³-hybridized carbons (Fsp3) is 0.647. The maximum absolute atomic E-state index is 12.5. The van der Waals surface area contributed by atoms with Crippen LogP contribution in [0.5, 0.6) is 0 Å². The number of Topliss-reactive ketones (excluding diaryl/α,β-unsaturated/α-hetero) is 1. The van der Waals surface area contributed by atoms with Gasteiger partial charge in [-0.25, -0.2) is 0 Å². The van der Waals surface area contributed by atoms with Crippen molar-refractivity contribution in [3.63, 3.8) is 0 Å². The lowest BCUT2D eigenvalue weighted by Crippen LogP contribution is -3.11. The molecule has 0 aromatic carbocycles. The van der Waals surface area contributed by atoms with Crippen molar-refractivity contribution in [1.82, 2.24) is 9.88 Å². The molecule has 1 rings (SSSR count). The number of aromatic nitrogens is 1. The largest absolute Gasteiger partial charge is 0.349 e. The van der Waals surface area contributed by atoms with Gasteiger partial charge in [-0.2, -0.15) is 0 Å². The van der Waals surface area contributed by atoms with E-state index in [0.29, 0.717) is 19.1 Å². The van der Waals surface area contributed by atoms with E-state index in [-0.39, 0.29) is 17.7 Å². The van der Waals surface area contributed by atoms with Gasteiger partial charge in [0, 0.05) is 29.0 Å². The van der Waals surface area contributed by atoms with Gasteiger partial charge in [-0.1, -0.05) is 0 Å². The van der Waals surface area contributed by atoms with Crippen molar-refractivity contribution in [3.05, 3.63) is 23.0 Å². The summed E-state index contributed by atoms with van der Waals surface area (Å²) in [4.78, 5) is 25.2. The molecule has 124 valence electrons. The van der Waals surface area contributed by atoms with E-state index in [0.717, 1.165) is 21.9 Å². The van der Waals surface area contributed by atoms with Crippen LogP contribution in [0.15, 0.2) is 6.07 Å². The average molecular weight is 308 g/mol. The summed E-state index contributed by atoms with van der Waals surface area (Å²) in [6, 6.07) is 2.42. The maximum Gasteiger partial charge on any atom is 0.275 e. The van der Waals surface area contributed by atoms with E-state index < -0.39 is 0 Å². The van der Waals surface area contributed by atoms with Crippen LogP contribution in [0.4, 0.5) is 0 Å². The molecule has 0 fully saturated rings. The first kappa shape index (κ1) is 18.4. The van der Waals surface area contributed by atoms with Crippen molar-refractivity contribution in [2.24, 2.45) is 0 Å². The average Bonchev–Trinajstić information content (AvgIpc) is 2.62. The highest BCUT2D eigenvalue weighted by Gasteiger charge is 2.21. The molecular weight excluding hydrogens is 278 g/mol. The third-order valence-corrected chi connectivity index (χ3v) is 3.68. The first-order valence-corrected chi connectivity index (χ1v) is 7.95. The van der Waals surface area contributed by atoms with Crippen molar-refractivity contribution in [2.45, 2.75) is 53.6 Å². The van der Waals surface area contributed by atoms with E-state index in [4.69, 9.17) is 0 Å². The van der Waals surface area contributed by atoms with Crippen LogP contribution in [0.2, 0.25) is 0 Å². The molecule has 0 aliphatic heterocycles. The third kappa shape index (κ3) is 4.70. The molecule has 1 heterocycles. The van der Waals surface area contributed by atoms with Gasteiger partial charge < -0.3 is 14.8 Å². The third-order valence-electron chi connectivity index (χ3n) is 3.68. The van der Waals surface area contributed by atoms with Crippen LogP contribution in [0.3, 0.4) is 0 Å². The Morgan fingerprint density at radius 3 is 2.23 bits per heavy atom. The topological polar surface area (TPSA) is 55.5 Å². The molecular formula is C17H30N3O2+. The highest BCUT2D eigenvalue weighted by Crippen LogP contribution is 2.20. The van der Waals surface area contributed by atoms with Crippen LogP contribution in [-0.2, 0) is 4.79 Å². The summed E-state index contributed by atoms with van der Waals surface area (Å²) in [5.41, 5.74) is 2.89. The minimum Gasteiger partial charge on any atom is -0.349 e. The van der Waals surface area contributed by atoms with Crippen LogP contribution < -0.4 is 10.2 Å². The van der Waals surface area contributed by atoms with Crippen LogP contribution in [0.1, 0.15) is 55.5 Å². The number of aryl methyl sites for hydroxylation is 1. The van der Waals surface area contributed by atoms with Gasteiger partial charge in [0.05, 0.1) is 7.05 Å². The second-order valence-electron chi connectivity index (χ2n) is 6.70. The standard InChI is InChI=1S/C17H29N3O2/c1-11(2)18-17(22)10-19(7)9-16(21)15-8-13(5)20(12(3)4)14(15)6/h8,11-12H,9-10H2,1-7H3,(H,18,22)/p+1. The lowest BCUT2D eigenvalue weighted by molar-refractivity contribution is -0.862. The van der Waals surface area contributed by atoms with Crippen LogP contribution >= 0.6 is 0 Å². The number of hydrogen-bond acceptors (Lipinski definition) is 2. The lowest BCUT2D eigenvalue weighted by atomic mass is 10.1. The maximum atomic E-state index is 12.5. The van der Waals surface area contributed by atoms with E-state index in [1.807, 2.05) is 40.8 Å². The molecule has 1 aromatic heterocycles. The normalized spacial score (nSPS) is 12.8. The van der Waals surface area contributed by atoms with Crippen molar-refractivity contribution in [2.75, 3.05) is 20.1 Å². The fourth-order valence-corrected chi connectivity index (χ4v) is 2.93. The molecule has 0 saturated heterocycles. The van der Waals surface area contributed by atoms with Gasteiger partial charge in [-0.15, -0.1) is 0 Å². The van der Waals surface area contributed by atoms with Gasteiger partial charge in [-0.3, -0.25) is 9.59 Å². The number of carbonyl (C=O) groups is 2. The van der Waals surface area contributed by atoms with Gasteiger partial charge in [0.1, 0.15) is 6.54 Å². The smallest absolute Gasteiger partial charge is 0.275 e. The number of rotatable bonds is 7. The van der Waals surface area contributed by atoms with Gasteiger partial charge in [0.25, 0.3) is 5.91 Å². The van der Waals surface area contributed by atoms with Gasteiger partial charge in [0.2, 0.25) is 5.78 Å². The Hall–Kier alpha value is -1.62. The Kier molecular flexibility index (Phi) is 6.35. The second-order valence-corrected chi connectivity index (χ2v) is 6.70. The zero-order chi connectivity index (χ0) is 17.0. The Balaban J connectivity index is 2.73. The minimum absolute atomic E-state index is 0.0204. The predicted molar refractivity (Wildman–Crippen MR) is 88.5 cm³/mol. The molecule has 5 heteroatoms. The van der Waals surface area contributed by atoms with Crippen molar-refractivity contribution < 1.29 is 14.5 Å². The molecule has 1 amide bonds. The van der Waals surface area contributed by atoms with E-state index >= 15 is 0 Å². The van der Waals surface area contributed by atoms with E-state index in [2.05, 4.69) is 23.7 Å². The van der Waals surface area contributed by atoms with Crippen molar-refractivity contribution >= 4 is 11.7 Å². The first-order chi connectivity index (χ1) is 10.1. The summed E-state index contributed by atoms with van der Waals surface area (Å²) in [5, 5.41) is 2.85. The zero-order valence-electron chi connectivity index (χ0n) is 14.9. The number of likely N-dealkylation sites (N-methyl/N-ethyl adjacent to an activating group) is 1. The number of amides is 1. The molecule has 0 saturated carbocycles. The quantitative estimate of drug-likeness (QED) is 0.736. The van der Waals surface area contributed by atoms with Crippen molar-refractivity contribution in [3.8, 4) is 0 Å². The predicted octanol–water partition coefficient (Wildman–Crippen LogP) is 0.908. The van der Waals surface area contributed by atoms with Crippen LogP contribution in [0, 0.1) is 13.8 Å². The van der Waals surface area contributed by atoms with Crippen LogP contribution in [0.25, 0.3) is 0 Å². The summed E-state index contributed by atoms with van der Waals surface area (Å²) >= 11 is 0. The molecule has 1 atom stereocenters. The number of nitrogens with one attached hydrogen (secondary N) is 2. The molecule has 0 radical (unpaired) electrons.